The summed E-state index contributed by atoms with van der Waals surface area (Å²) in [5.41, 5.74) is 1.47. The molecule has 3 aliphatic rings. The third-order valence-electron chi connectivity index (χ3n) is 6.75. The number of guanidine groups is 1. The maximum atomic E-state index is 13.0. The molecule has 6 nitrogen and oxygen atoms in total. The number of sulfonamides is 1. The van der Waals surface area contributed by atoms with E-state index in [2.05, 4.69) is 17.1 Å². The van der Waals surface area contributed by atoms with Gasteiger partial charge in [-0.15, -0.1) is 24.0 Å². The van der Waals surface area contributed by atoms with Gasteiger partial charge in [-0.2, -0.15) is 4.31 Å². The molecule has 8 heteroatoms. The van der Waals surface area contributed by atoms with E-state index in [1.165, 1.54) is 25.7 Å². The monoisotopic (exact) mass is 546 g/mol. The van der Waals surface area contributed by atoms with Gasteiger partial charge in [-0.25, -0.2) is 13.4 Å². The molecule has 1 aromatic rings. The molecule has 30 heavy (non-hydrogen) atoms. The zero-order chi connectivity index (χ0) is 20.3. The summed E-state index contributed by atoms with van der Waals surface area (Å²) < 4.78 is 27.6. The molecule has 3 fully saturated rings. The quantitative estimate of drug-likeness (QED) is 0.347. The summed E-state index contributed by atoms with van der Waals surface area (Å²) in [6, 6.07) is 7.32. The Morgan fingerprint density at radius 3 is 2.50 bits per heavy atom. The van der Waals surface area contributed by atoms with Crippen LogP contribution < -0.4 is 5.32 Å². The largest absolute Gasteiger partial charge is 0.357 e. The molecule has 1 N–H and O–H groups in total. The Kier molecular flexibility index (Phi) is 8.06. The van der Waals surface area contributed by atoms with Crippen LogP contribution in [0.25, 0.3) is 0 Å². The molecule has 0 aromatic heterocycles. The molecule has 0 amide bonds. The number of hydrogen-bond acceptors (Lipinski definition) is 3. The van der Waals surface area contributed by atoms with E-state index in [1.54, 1.807) is 16.4 Å². The Morgan fingerprint density at radius 1 is 1.10 bits per heavy atom. The van der Waals surface area contributed by atoms with Crippen molar-refractivity contribution in [2.24, 2.45) is 10.4 Å². The Labute approximate surface area is 198 Å². The van der Waals surface area contributed by atoms with E-state index in [0.29, 0.717) is 29.9 Å². The van der Waals surface area contributed by atoms with Gasteiger partial charge in [0.15, 0.2) is 5.96 Å². The summed E-state index contributed by atoms with van der Waals surface area (Å²) in [5.74, 6) is 0.959. The normalized spacial score (nSPS) is 21.9. The minimum atomic E-state index is -3.40. The Morgan fingerprint density at radius 2 is 1.87 bits per heavy atom. The number of hydrogen-bond donors (Lipinski definition) is 1. The van der Waals surface area contributed by atoms with Crippen LogP contribution in [0.5, 0.6) is 0 Å². The molecule has 1 spiro atoms. The average molecular weight is 547 g/mol. The van der Waals surface area contributed by atoms with Crippen LogP contribution in [-0.4, -0.2) is 56.3 Å². The molecule has 2 aliphatic heterocycles. The molecule has 0 unspecified atom stereocenters. The van der Waals surface area contributed by atoms with Crippen molar-refractivity contribution >= 4 is 40.0 Å². The molecule has 168 valence electrons. The van der Waals surface area contributed by atoms with Gasteiger partial charge in [0.1, 0.15) is 0 Å². The predicted molar refractivity (Wildman–Crippen MR) is 132 cm³/mol. The molecule has 1 saturated carbocycles. The van der Waals surface area contributed by atoms with Gasteiger partial charge >= 0.3 is 0 Å². The number of rotatable bonds is 5. The first-order chi connectivity index (χ1) is 14.0. The van der Waals surface area contributed by atoms with Gasteiger partial charge < -0.3 is 10.2 Å². The first-order valence-corrected chi connectivity index (χ1v) is 12.6. The number of likely N-dealkylation sites (tertiary alicyclic amines) is 1. The van der Waals surface area contributed by atoms with Crippen LogP contribution in [0, 0.1) is 5.41 Å². The molecule has 0 radical (unpaired) electrons. The highest BCUT2D eigenvalue weighted by molar-refractivity contribution is 14.0. The van der Waals surface area contributed by atoms with E-state index in [-0.39, 0.29) is 24.0 Å². The van der Waals surface area contributed by atoms with E-state index in [9.17, 15) is 8.42 Å². The van der Waals surface area contributed by atoms with Gasteiger partial charge in [-0.1, -0.05) is 25.0 Å². The van der Waals surface area contributed by atoms with Crippen LogP contribution in [0.2, 0.25) is 0 Å². The maximum Gasteiger partial charge on any atom is 0.243 e. The number of nitrogens with one attached hydrogen (secondary N) is 1. The fourth-order valence-electron chi connectivity index (χ4n) is 4.85. The summed E-state index contributed by atoms with van der Waals surface area (Å²) in [6.45, 7) is 6.85. The molecular weight excluding hydrogens is 511 g/mol. The fourth-order valence-corrected chi connectivity index (χ4v) is 6.44. The lowest BCUT2D eigenvalue weighted by Crippen LogP contribution is -2.42. The van der Waals surface area contributed by atoms with Crippen LogP contribution in [0.15, 0.2) is 34.2 Å². The summed E-state index contributed by atoms with van der Waals surface area (Å²) >= 11 is 0. The van der Waals surface area contributed by atoms with Crippen molar-refractivity contribution in [3.05, 3.63) is 29.8 Å². The first kappa shape index (κ1) is 23.8. The van der Waals surface area contributed by atoms with Crippen molar-refractivity contribution in [2.75, 3.05) is 32.7 Å². The Hall–Kier alpha value is -0.870. The third kappa shape index (κ3) is 5.12. The van der Waals surface area contributed by atoms with Crippen molar-refractivity contribution in [3.8, 4) is 0 Å². The smallest absolute Gasteiger partial charge is 0.243 e. The van der Waals surface area contributed by atoms with Crippen LogP contribution in [-0.2, 0) is 16.6 Å². The second-order valence-electron chi connectivity index (χ2n) is 8.81. The first-order valence-electron chi connectivity index (χ1n) is 11.1. The van der Waals surface area contributed by atoms with E-state index in [1.807, 2.05) is 12.1 Å². The van der Waals surface area contributed by atoms with Gasteiger partial charge in [0.25, 0.3) is 0 Å². The topological polar surface area (TPSA) is 65.0 Å². The summed E-state index contributed by atoms with van der Waals surface area (Å²) in [4.78, 5) is 7.63. The second-order valence-corrected chi connectivity index (χ2v) is 10.7. The van der Waals surface area contributed by atoms with Crippen LogP contribution in [0.4, 0.5) is 0 Å². The molecule has 0 bridgehead atoms. The van der Waals surface area contributed by atoms with Crippen molar-refractivity contribution in [3.63, 3.8) is 0 Å². The van der Waals surface area contributed by atoms with E-state index in [4.69, 9.17) is 4.99 Å². The SMILES string of the molecule is CCNC(=NCc1cccc(S(=O)(=O)N2CCCCC2)c1)N1CCC2(CCC2)C1.I. The highest BCUT2D eigenvalue weighted by atomic mass is 127. The van der Waals surface area contributed by atoms with Gasteiger partial charge in [0, 0.05) is 32.7 Å². The van der Waals surface area contributed by atoms with E-state index >= 15 is 0 Å². The van der Waals surface area contributed by atoms with Crippen molar-refractivity contribution in [1.29, 1.82) is 0 Å². The zero-order valence-corrected chi connectivity index (χ0v) is 21.1. The van der Waals surface area contributed by atoms with Crippen LogP contribution in [0.1, 0.15) is 57.4 Å². The standard InChI is InChI=1S/C22H34N4O2S.HI/c1-2-23-21(25-15-12-22(18-25)10-7-11-22)24-17-19-8-6-9-20(16-19)29(27,28)26-13-4-3-5-14-26;/h6,8-9,16H,2-5,7,10-15,17-18H2,1H3,(H,23,24);1H. The number of aliphatic imine (C=N–C) groups is 1. The Balaban J connectivity index is 0.00000256. The van der Waals surface area contributed by atoms with Crippen molar-refractivity contribution in [2.45, 2.75) is 63.3 Å². The maximum absolute atomic E-state index is 13.0. The minimum Gasteiger partial charge on any atom is -0.357 e. The molecule has 2 heterocycles. The van der Waals surface area contributed by atoms with Crippen LogP contribution >= 0.6 is 24.0 Å². The number of piperidine rings is 1. The molecule has 4 rings (SSSR count). The number of nitrogens with zero attached hydrogens (tertiary/aromatic N) is 3. The van der Waals surface area contributed by atoms with Gasteiger partial charge in [0.05, 0.1) is 11.4 Å². The molecule has 0 atom stereocenters. The lowest BCUT2D eigenvalue weighted by atomic mass is 9.68. The van der Waals surface area contributed by atoms with E-state index < -0.39 is 10.0 Å². The molecular formula is C22H35IN4O2S. The van der Waals surface area contributed by atoms with Gasteiger partial charge in [0.2, 0.25) is 10.0 Å². The zero-order valence-electron chi connectivity index (χ0n) is 18.0. The number of benzene rings is 1. The number of halogens is 1. The van der Waals surface area contributed by atoms with Gasteiger partial charge in [-0.05, 0) is 62.1 Å². The third-order valence-corrected chi connectivity index (χ3v) is 8.64. The molecule has 1 aromatic carbocycles. The van der Waals surface area contributed by atoms with Gasteiger partial charge in [-0.3, -0.25) is 0 Å². The second kappa shape index (κ2) is 10.2. The average Bonchev–Trinajstić information content (AvgIpc) is 3.18. The fraction of sp³-hybridized carbons (Fsp3) is 0.682. The minimum absolute atomic E-state index is 0. The molecule has 2 saturated heterocycles. The van der Waals surface area contributed by atoms with E-state index in [0.717, 1.165) is 50.4 Å². The summed E-state index contributed by atoms with van der Waals surface area (Å²) in [6.07, 6.45) is 8.34. The van der Waals surface area contributed by atoms with Crippen molar-refractivity contribution < 1.29 is 8.42 Å². The summed E-state index contributed by atoms with van der Waals surface area (Å²) in [5, 5.41) is 3.43. The van der Waals surface area contributed by atoms with Crippen LogP contribution in [0.3, 0.4) is 0 Å². The lowest BCUT2D eigenvalue weighted by Gasteiger charge is -2.38. The molecule has 1 aliphatic carbocycles. The predicted octanol–water partition coefficient (Wildman–Crippen LogP) is 3.82. The summed E-state index contributed by atoms with van der Waals surface area (Å²) in [7, 11) is -3.40. The highest BCUT2D eigenvalue weighted by Gasteiger charge is 2.43. The lowest BCUT2D eigenvalue weighted by molar-refractivity contribution is 0.151. The van der Waals surface area contributed by atoms with Crippen molar-refractivity contribution in [1.82, 2.24) is 14.5 Å². The highest BCUT2D eigenvalue weighted by Crippen LogP contribution is 2.47. The Bertz CT molecular complexity index is 848.